The number of carbonyl (C=O) groups is 2. The highest BCUT2D eigenvalue weighted by molar-refractivity contribution is 5.87. The highest BCUT2D eigenvalue weighted by Gasteiger charge is 2.46. The molecule has 1 atom stereocenters. The van der Waals surface area contributed by atoms with Gasteiger partial charge in [-0.2, -0.15) is 0 Å². The van der Waals surface area contributed by atoms with Crippen molar-refractivity contribution in [1.29, 1.82) is 0 Å². The predicted octanol–water partition coefficient (Wildman–Crippen LogP) is 2.74. The Morgan fingerprint density at radius 3 is 2.50 bits per heavy atom. The van der Waals surface area contributed by atoms with Crippen LogP contribution in [0.3, 0.4) is 0 Å². The first-order valence-corrected chi connectivity index (χ1v) is 8.71. The van der Waals surface area contributed by atoms with E-state index < -0.39 is 5.97 Å². The number of hydrogen-bond acceptors (Lipinski definition) is 3. The summed E-state index contributed by atoms with van der Waals surface area (Å²) in [6.07, 6.45) is 4.31. The summed E-state index contributed by atoms with van der Waals surface area (Å²) in [4.78, 5) is 25.5. The van der Waals surface area contributed by atoms with Crippen LogP contribution in [0.25, 0.3) is 0 Å². The Labute approximate surface area is 142 Å². The van der Waals surface area contributed by atoms with Gasteiger partial charge in [-0.05, 0) is 55.7 Å². The molecule has 1 amide bonds. The Kier molecular flexibility index (Phi) is 4.90. The zero-order valence-electron chi connectivity index (χ0n) is 14.2. The van der Waals surface area contributed by atoms with Crippen LogP contribution in [0, 0.1) is 5.41 Å². The normalized spacial score (nSPS) is 22.7. The van der Waals surface area contributed by atoms with Crippen LogP contribution in [0.15, 0.2) is 24.3 Å². The van der Waals surface area contributed by atoms with Crippen molar-refractivity contribution in [3.63, 3.8) is 0 Å². The molecule has 3 rings (SSSR count). The molecule has 5 heteroatoms. The average molecular weight is 331 g/mol. The van der Waals surface area contributed by atoms with Gasteiger partial charge < -0.3 is 14.7 Å². The molecule has 1 spiro atoms. The van der Waals surface area contributed by atoms with Crippen molar-refractivity contribution in [2.24, 2.45) is 5.41 Å². The van der Waals surface area contributed by atoms with Gasteiger partial charge in [0.1, 0.15) is 0 Å². The minimum atomic E-state index is -0.926. The van der Waals surface area contributed by atoms with E-state index in [2.05, 4.69) is 6.92 Å². The number of ether oxygens (including phenoxy) is 1. The second kappa shape index (κ2) is 6.93. The van der Waals surface area contributed by atoms with Crippen LogP contribution in [-0.4, -0.2) is 47.7 Å². The predicted molar refractivity (Wildman–Crippen MR) is 90.0 cm³/mol. The van der Waals surface area contributed by atoms with Crippen molar-refractivity contribution >= 4 is 11.9 Å². The maximum absolute atomic E-state index is 12.6. The number of carboxylic acids is 1. The van der Waals surface area contributed by atoms with E-state index in [1.807, 2.05) is 4.90 Å². The molecule has 0 aliphatic carbocycles. The first-order chi connectivity index (χ1) is 11.5. The molecule has 1 N–H and O–H groups in total. The van der Waals surface area contributed by atoms with Crippen molar-refractivity contribution in [2.75, 3.05) is 19.8 Å². The molecule has 5 nitrogen and oxygen atoms in total. The molecule has 2 saturated heterocycles. The molecule has 0 saturated carbocycles. The van der Waals surface area contributed by atoms with Crippen molar-refractivity contribution in [3.8, 4) is 0 Å². The third-order valence-electron chi connectivity index (χ3n) is 5.84. The number of benzene rings is 1. The first kappa shape index (κ1) is 17.0. The lowest BCUT2D eigenvalue weighted by molar-refractivity contribution is -0.133. The highest BCUT2D eigenvalue weighted by atomic mass is 16.5. The molecule has 2 heterocycles. The largest absolute Gasteiger partial charge is 0.478 e. The molecule has 24 heavy (non-hydrogen) atoms. The molecule has 130 valence electrons. The number of amides is 1. The molecule has 1 aromatic carbocycles. The van der Waals surface area contributed by atoms with E-state index in [1.165, 1.54) is 0 Å². The quantitative estimate of drug-likeness (QED) is 0.921. The smallest absolute Gasteiger partial charge is 0.335 e. The SMILES string of the molecule is C[C@@H]1N(C(=O)CCc2ccc(C(=O)O)cc2)CCC12CCOCC2. The molecule has 2 aliphatic rings. The van der Waals surface area contributed by atoms with Crippen LogP contribution in [0.1, 0.15) is 48.5 Å². The second-order valence-electron chi connectivity index (χ2n) is 6.99. The van der Waals surface area contributed by atoms with Crippen molar-refractivity contribution in [1.82, 2.24) is 4.90 Å². The van der Waals surface area contributed by atoms with Gasteiger partial charge in [-0.1, -0.05) is 12.1 Å². The Morgan fingerprint density at radius 1 is 1.21 bits per heavy atom. The summed E-state index contributed by atoms with van der Waals surface area (Å²) in [5, 5.41) is 8.92. The van der Waals surface area contributed by atoms with Crippen LogP contribution in [-0.2, 0) is 16.0 Å². The fraction of sp³-hybridized carbons (Fsp3) is 0.579. The topological polar surface area (TPSA) is 66.8 Å². The summed E-state index contributed by atoms with van der Waals surface area (Å²) < 4.78 is 5.49. The van der Waals surface area contributed by atoms with Crippen molar-refractivity contribution < 1.29 is 19.4 Å². The van der Waals surface area contributed by atoms with Gasteiger partial charge in [0.25, 0.3) is 0 Å². The van der Waals surface area contributed by atoms with Gasteiger partial charge in [0.2, 0.25) is 5.91 Å². The minimum absolute atomic E-state index is 0.202. The van der Waals surface area contributed by atoms with Crippen LogP contribution in [0.5, 0.6) is 0 Å². The number of rotatable bonds is 4. The van der Waals surface area contributed by atoms with E-state index in [0.717, 1.165) is 44.6 Å². The fourth-order valence-electron chi connectivity index (χ4n) is 4.07. The first-order valence-electron chi connectivity index (χ1n) is 8.71. The summed E-state index contributed by atoms with van der Waals surface area (Å²) >= 11 is 0. The van der Waals surface area contributed by atoms with Gasteiger partial charge in [-0.15, -0.1) is 0 Å². The highest BCUT2D eigenvalue weighted by Crippen LogP contribution is 2.44. The van der Waals surface area contributed by atoms with E-state index in [0.29, 0.717) is 12.8 Å². The number of carboxylic acid groups (broad SMARTS) is 1. The Hall–Kier alpha value is -1.88. The molecule has 0 aromatic heterocycles. The molecule has 2 fully saturated rings. The van der Waals surface area contributed by atoms with Crippen LogP contribution in [0.2, 0.25) is 0 Å². The molecule has 1 aromatic rings. The maximum Gasteiger partial charge on any atom is 0.335 e. The van der Waals surface area contributed by atoms with Crippen molar-refractivity contribution in [2.45, 2.75) is 45.1 Å². The van der Waals surface area contributed by atoms with Gasteiger partial charge in [0.15, 0.2) is 0 Å². The number of carbonyl (C=O) groups excluding carboxylic acids is 1. The lowest BCUT2D eigenvalue weighted by Crippen LogP contribution is -2.43. The summed E-state index contributed by atoms with van der Waals surface area (Å²) in [7, 11) is 0. The second-order valence-corrected chi connectivity index (χ2v) is 6.99. The van der Waals surface area contributed by atoms with Gasteiger partial charge in [0, 0.05) is 32.2 Å². The molecule has 0 bridgehead atoms. The third-order valence-corrected chi connectivity index (χ3v) is 5.84. The lowest BCUT2D eigenvalue weighted by Gasteiger charge is -2.38. The number of aryl methyl sites for hydroxylation is 1. The molecule has 2 aliphatic heterocycles. The summed E-state index contributed by atoms with van der Waals surface area (Å²) in [6.45, 7) is 4.64. The van der Waals surface area contributed by atoms with Gasteiger partial charge in [-0.25, -0.2) is 4.79 Å². The van der Waals surface area contributed by atoms with Gasteiger partial charge in [-0.3, -0.25) is 4.79 Å². The van der Waals surface area contributed by atoms with Gasteiger partial charge in [0.05, 0.1) is 5.56 Å². The van der Waals surface area contributed by atoms with Crippen LogP contribution in [0.4, 0.5) is 0 Å². The monoisotopic (exact) mass is 331 g/mol. The van der Waals surface area contributed by atoms with Gasteiger partial charge >= 0.3 is 5.97 Å². The van der Waals surface area contributed by atoms with E-state index in [4.69, 9.17) is 9.84 Å². The zero-order chi connectivity index (χ0) is 17.2. The molecular weight excluding hydrogens is 306 g/mol. The number of likely N-dealkylation sites (tertiary alicyclic amines) is 1. The molecule has 0 radical (unpaired) electrons. The van der Waals surface area contributed by atoms with E-state index in [9.17, 15) is 9.59 Å². The van der Waals surface area contributed by atoms with Crippen LogP contribution < -0.4 is 0 Å². The van der Waals surface area contributed by atoms with E-state index in [1.54, 1.807) is 24.3 Å². The van der Waals surface area contributed by atoms with Crippen molar-refractivity contribution in [3.05, 3.63) is 35.4 Å². The third kappa shape index (κ3) is 3.31. The fourth-order valence-corrected chi connectivity index (χ4v) is 4.07. The number of nitrogens with zero attached hydrogens (tertiary/aromatic N) is 1. The molecular formula is C19H25NO4. The minimum Gasteiger partial charge on any atom is -0.478 e. The Balaban J connectivity index is 1.56. The lowest BCUT2D eigenvalue weighted by atomic mass is 9.74. The van der Waals surface area contributed by atoms with E-state index in [-0.39, 0.29) is 22.9 Å². The average Bonchev–Trinajstić information content (AvgIpc) is 2.90. The standard InChI is InChI=1S/C19H25NO4/c1-14-19(9-12-24-13-10-19)8-11-20(14)17(21)7-4-15-2-5-16(6-3-15)18(22)23/h2-3,5-6,14H,4,7-13H2,1H3,(H,22,23)/t14-/m0/s1. The molecule has 0 unspecified atom stereocenters. The van der Waals surface area contributed by atoms with Crippen LogP contribution >= 0.6 is 0 Å². The summed E-state index contributed by atoms with van der Waals surface area (Å²) in [6, 6.07) is 7.06. The number of hydrogen-bond donors (Lipinski definition) is 1. The summed E-state index contributed by atoms with van der Waals surface area (Å²) in [5.74, 6) is -0.724. The maximum atomic E-state index is 12.6. The number of aromatic carboxylic acids is 1. The van der Waals surface area contributed by atoms with E-state index >= 15 is 0 Å². The summed E-state index contributed by atoms with van der Waals surface area (Å²) in [5.41, 5.74) is 1.53. The zero-order valence-corrected chi connectivity index (χ0v) is 14.2. The Morgan fingerprint density at radius 2 is 1.88 bits per heavy atom. The Bertz CT molecular complexity index is 604.